The monoisotopic (exact) mass is 318 g/mol. The molecule has 0 saturated heterocycles. The minimum absolute atomic E-state index is 0.328. The summed E-state index contributed by atoms with van der Waals surface area (Å²) in [4.78, 5) is 12.8. The molecule has 0 N–H and O–H groups in total. The third-order valence-electron chi connectivity index (χ3n) is 5.66. The van der Waals surface area contributed by atoms with Crippen molar-refractivity contribution in [2.45, 2.75) is 32.1 Å². The van der Waals surface area contributed by atoms with Crippen LogP contribution < -0.4 is 0 Å². The van der Waals surface area contributed by atoms with Crippen molar-refractivity contribution in [2.24, 2.45) is 29.6 Å². The number of hydrogen-bond donors (Lipinski definition) is 0. The number of Topliss-reactive ketones (excluding diaryl/α,β-unsaturated/α-hetero) is 1. The molecule has 4 aliphatic carbocycles. The van der Waals surface area contributed by atoms with E-state index in [1.165, 1.54) is 32.1 Å². The largest absolute Gasteiger partial charge is 0.294 e. The lowest BCUT2D eigenvalue weighted by molar-refractivity contribution is -0.0251. The minimum atomic E-state index is 0.328. The van der Waals surface area contributed by atoms with Crippen molar-refractivity contribution in [3.8, 4) is 0 Å². The second kappa shape index (κ2) is 4.44. The Labute approximate surface area is 122 Å². The third kappa shape index (κ3) is 1.99. The fourth-order valence-electron chi connectivity index (χ4n) is 5.16. The molecule has 0 atom stereocenters. The van der Waals surface area contributed by atoms with E-state index in [9.17, 15) is 4.79 Å². The zero-order valence-electron chi connectivity index (χ0n) is 11.0. The van der Waals surface area contributed by atoms with Crippen LogP contribution in [0.25, 0.3) is 0 Å². The number of halogens is 1. The zero-order chi connectivity index (χ0) is 13.0. The van der Waals surface area contributed by atoms with Gasteiger partial charge in [0.1, 0.15) is 0 Å². The Morgan fingerprint density at radius 3 is 1.95 bits per heavy atom. The first kappa shape index (κ1) is 12.1. The van der Waals surface area contributed by atoms with Gasteiger partial charge in [-0.05, 0) is 67.9 Å². The number of rotatable bonds is 2. The van der Waals surface area contributed by atoms with Gasteiger partial charge in [0.15, 0.2) is 5.78 Å². The van der Waals surface area contributed by atoms with Crippen LogP contribution in [-0.4, -0.2) is 5.78 Å². The van der Waals surface area contributed by atoms with Gasteiger partial charge in [-0.3, -0.25) is 4.79 Å². The lowest BCUT2D eigenvalue weighted by Crippen LogP contribution is -2.48. The fraction of sp³-hybridized carbons (Fsp3) is 0.588. The van der Waals surface area contributed by atoms with E-state index in [2.05, 4.69) is 15.9 Å². The molecule has 0 heterocycles. The number of ketones is 1. The molecule has 2 heteroatoms. The molecule has 4 aliphatic rings. The van der Waals surface area contributed by atoms with Gasteiger partial charge in [-0.25, -0.2) is 0 Å². The summed E-state index contributed by atoms with van der Waals surface area (Å²) < 4.78 is 1.05. The summed E-state index contributed by atoms with van der Waals surface area (Å²) in [5, 5.41) is 0. The van der Waals surface area contributed by atoms with Gasteiger partial charge in [0.05, 0.1) is 0 Å². The molecule has 4 bridgehead atoms. The first-order chi connectivity index (χ1) is 9.20. The molecule has 19 heavy (non-hydrogen) atoms. The van der Waals surface area contributed by atoms with E-state index in [0.29, 0.717) is 23.5 Å². The van der Waals surface area contributed by atoms with Crippen LogP contribution in [0.2, 0.25) is 0 Å². The zero-order valence-corrected chi connectivity index (χ0v) is 12.6. The minimum Gasteiger partial charge on any atom is -0.294 e. The van der Waals surface area contributed by atoms with Gasteiger partial charge >= 0.3 is 0 Å². The van der Waals surface area contributed by atoms with Crippen LogP contribution in [0.5, 0.6) is 0 Å². The van der Waals surface area contributed by atoms with Gasteiger partial charge in [-0.1, -0.05) is 28.1 Å². The highest BCUT2D eigenvalue weighted by Crippen LogP contribution is 2.57. The van der Waals surface area contributed by atoms with Crippen LogP contribution in [0, 0.1) is 29.6 Å². The SMILES string of the molecule is O=C(c1ccc(Br)cc1)C1C2CC3CC(C2)CC1C3. The van der Waals surface area contributed by atoms with Crippen LogP contribution in [0.15, 0.2) is 28.7 Å². The van der Waals surface area contributed by atoms with E-state index in [-0.39, 0.29) is 0 Å². The maximum absolute atomic E-state index is 12.8. The third-order valence-corrected chi connectivity index (χ3v) is 6.19. The van der Waals surface area contributed by atoms with Crippen molar-refractivity contribution in [1.29, 1.82) is 0 Å². The van der Waals surface area contributed by atoms with Gasteiger partial charge in [0.25, 0.3) is 0 Å². The Kier molecular flexibility index (Phi) is 2.84. The van der Waals surface area contributed by atoms with Crippen LogP contribution in [0.1, 0.15) is 42.5 Å². The molecule has 0 aliphatic heterocycles. The van der Waals surface area contributed by atoms with Crippen LogP contribution in [0.4, 0.5) is 0 Å². The average molecular weight is 319 g/mol. The van der Waals surface area contributed by atoms with Gasteiger partial charge in [-0.15, -0.1) is 0 Å². The molecule has 0 aromatic heterocycles. The Balaban J connectivity index is 1.62. The van der Waals surface area contributed by atoms with E-state index in [0.717, 1.165) is 21.9 Å². The highest BCUT2D eigenvalue weighted by atomic mass is 79.9. The van der Waals surface area contributed by atoms with Crippen molar-refractivity contribution in [3.05, 3.63) is 34.3 Å². The fourth-order valence-corrected chi connectivity index (χ4v) is 5.42. The highest BCUT2D eigenvalue weighted by molar-refractivity contribution is 9.10. The number of carbonyl (C=O) groups is 1. The molecule has 100 valence electrons. The lowest BCUT2D eigenvalue weighted by Gasteiger charge is -2.53. The lowest BCUT2D eigenvalue weighted by atomic mass is 9.51. The molecule has 5 rings (SSSR count). The summed E-state index contributed by atoms with van der Waals surface area (Å²) in [7, 11) is 0. The van der Waals surface area contributed by atoms with Crippen LogP contribution in [0.3, 0.4) is 0 Å². The van der Waals surface area contributed by atoms with Crippen molar-refractivity contribution in [1.82, 2.24) is 0 Å². The molecule has 1 aromatic carbocycles. The smallest absolute Gasteiger partial charge is 0.166 e. The first-order valence-corrected chi connectivity index (χ1v) is 8.30. The summed E-state index contributed by atoms with van der Waals surface area (Å²) in [5.74, 6) is 4.00. The van der Waals surface area contributed by atoms with E-state index in [1.807, 2.05) is 24.3 Å². The molecule has 0 spiro atoms. The maximum Gasteiger partial charge on any atom is 0.166 e. The molecule has 0 amide bonds. The molecule has 4 fully saturated rings. The molecule has 0 unspecified atom stereocenters. The predicted molar refractivity (Wildman–Crippen MR) is 79.0 cm³/mol. The second-order valence-electron chi connectivity index (χ2n) is 6.83. The van der Waals surface area contributed by atoms with Crippen molar-refractivity contribution < 1.29 is 4.79 Å². The summed E-state index contributed by atoms with van der Waals surface area (Å²) in [6.07, 6.45) is 6.73. The van der Waals surface area contributed by atoms with E-state index < -0.39 is 0 Å². The second-order valence-corrected chi connectivity index (χ2v) is 7.74. The summed E-state index contributed by atoms with van der Waals surface area (Å²) in [6.45, 7) is 0. The molecule has 4 saturated carbocycles. The Morgan fingerprint density at radius 1 is 0.895 bits per heavy atom. The Bertz CT molecular complexity index is 476. The molecular formula is C17H19BrO. The normalized spacial score (nSPS) is 39.5. The van der Waals surface area contributed by atoms with E-state index in [4.69, 9.17) is 0 Å². The maximum atomic E-state index is 12.8. The van der Waals surface area contributed by atoms with Gasteiger partial charge in [-0.2, -0.15) is 0 Å². The van der Waals surface area contributed by atoms with Crippen molar-refractivity contribution in [2.75, 3.05) is 0 Å². The van der Waals surface area contributed by atoms with Crippen LogP contribution in [-0.2, 0) is 0 Å². The van der Waals surface area contributed by atoms with E-state index >= 15 is 0 Å². The van der Waals surface area contributed by atoms with Gasteiger partial charge < -0.3 is 0 Å². The topological polar surface area (TPSA) is 17.1 Å². The van der Waals surface area contributed by atoms with Crippen LogP contribution >= 0.6 is 15.9 Å². The molecular weight excluding hydrogens is 300 g/mol. The van der Waals surface area contributed by atoms with E-state index in [1.54, 1.807) is 0 Å². The average Bonchev–Trinajstić information content (AvgIpc) is 2.38. The predicted octanol–water partition coefficient (Wildman–Crippen LogP) is 4.70. The summed E-state index contributed by atoms with van der Waals surface area (Å²) >= 11 is 3.44. The summed E-state index contributed by atoms with van der Waals surface area (Å²) in [5.41, 5.74) is 0.917. The molecule has 1 nitrogen and oxygen atoms in total. The van der Waals surface area contributed by atoms with Gasteiger partial charge in [0.2, 0.25) is 0 Å². The molecule has 0 radical (unpaired) electrons. The number of benzene rings is 1. The number of hydrogen-bond acceptors (Lipinski definition) is 1. The Morgan fingerprint density at radius 2 is 1.42 bits per heavy atom. The van der Waals surface area contributed by atoms with Crippen molar-refractivity contribution in [3.63, 3.8) is 0 Å². The molecule has 1 aromatic rings. The summed E-state index contributed by atoms with van der Waals surface area (Å²) in [6, 6.07) is 7.95. The number of carbonyl (C=O) groups excluding carboxylic acids is 1. The standard InChI is InChI=1S/C17H19BrO/c18-15-3-1-12(2-4-15)17(19)16-13-6-10-5-11(8-13)9-14(16)7-10/h1-4,10-11,13-14,16H,5-9H2. The first-order valence-electron chi connectivity index (χ1n) is 7.50. The van der Waals surface area contributed by atoms with Gasteiger partial charge in [0, 0.05) is 16.0 Å². The Hall–Kier alpha value is -0.630. The quantitative estimate of drug-likeness (QED) is 0.722. The highest BCUT2D eigenvalue weighted by Gasteiger charge is 2.50. The van der Waals surface area contributed by atoms with Crippen molar-refractivity contribution >= 4 is 21.7 Å².